The Hall–Kier alpha value is -1.95. The predicted octanol–water partition coefficient (Wildman–Crippen LogP) is 3.65. The number of fused-ring (bicyclic) bond motifs is 1. The second-order valence-corrected chi connectivity index (χ2v) is 5.73. The molecule has 0 bridgehead atoms. The van der Waals surface area contributed by atoms with Crippen LogP contribution in [0.4, 0.5) is 8.78 Å². The highest BCUT2D eigenvalue weighted by molar-refractivity contribution is 6.32. The topological polar surface area (TPSA) is 62.0 Å². The van der Waals surface area contributed by atoms with Crippen molar-refractivity contribution in [3.8, 4) is 0 Å². The van der Waals surface area contributed by atoms with Gasteiger partial charge < -0.3 is 10.3 Å². The highest BCUT2D eigenvalue weighted by atomic mass is 35.5. The largest absolute Gasteiger partial charge is 0.354 e. The van der Waals surface area contributed by atoms with Crippen LogP contribution in [0.2, 0.25) is 5.02 Å². The summed E-state index contributed by atoms with van der Waals surface area (Å²) < 4.78 is 24.5. The van der Waals surface area contributed by atoms with Gasteiger partial charge in [-0.15, -0.1) is 0 Å². The summed E-state index contributed by atoms with van der Waals surface area (Å²) in [4.78, 5) is 26.1. The number of aromatic nitrogens is 1. The van der Waals surface area contributed by atoms with E-state index >= 15 is 0 Å². The number of alkyl halides is 2. The first kappa shape index (κ1) is 17.4. The van der Waals surface area contributed by atoms with Gasteiger partial charge in [0.25, 0.3) is 12.3 Å². The molecule has 0 aliphatic heterocycles. The third-order valence-corrected chi connectivity index (χ3v) is 4.14. The molecule has 2 N–H and O–H groups in total. The van der Waals surface area contributed by atoms with E-state index in [0.29, 0.717) is 28.2 Å². The zero-order chi connectivity index (χ0) is 17.1. The number of nitrogens with one attached hydrogen (secondary N) is 2. The van der Waals surface area contributed by atoms with Crippen molar-refractivity contribution >= 4 is 34.2 Å². The lowest BCUT2D eigenvalue weighted by molar-refractivity contribution is -0.129. The standard InChI is InChI=1S/C16H17ClF2N2O2/c1-8-6-10-9(4-3-5-13(22)15(18)19)14(16(23)20-2)21-12(10)7-11(8)17/h6-7,15,21H,3-5H2,1-2H3,(H,20,23). The van der Waals surface area contributed by atoms with Crippen molar-refractivity contribution in [2.75, 3.05) is 7.05 Å². The number of carbonyl (C=O) groups excluding carboxylic acids is 2. The molecule has 23 heavy (non-hydrogen) atoms. The minimum Gasteiger partial charge on any atom is -0.354 e. The number of H-pyrrole nitrogens is 1. The van der Waals surface area contributed by atoms with Crippen molar-refractivity contribution in [3.63, 3.8) is 0 Å². The summed E-state index contributed by atoms with van der Waals surface area (Å²) in [6, 6.07) is 3.58. The Balaban J connectivity index is 2.36. The molecular weight excluding hydrogens is 326 g/mol. The smallest absolute Gasteiger partial charge is 0.295 e. The van der Waals surface area contributed by atoms with Gasteiger partial charge in [0.1, 0.15) is 5.69 Å². The molecule has 4 nitrogen and oxygen atoms in total. The van der Waals surface area contributed by atoms with Crippen LogP contribution in [0.5, 0.6) is 0 Å². The van der Waals surface area contributed by atoms with Crippen LogP contribution in [0.1, 0.15) is 34.5 Å². The first-order valence-electron chi connectivity index (χ1n) is 7.18. The molecule has 0 aliphatic rings. The summed E-state index contributed by atoms with van der Waals surface area (Å²) >= 11 is 6.09. The minimum absolute atomic E-state index is 0.218. The van der Waals surface area contributed by atoms with E-state index in [1.165, 1.54) is 7.05 Å². The van der Waals surface area contributed by atoms with Gasteiger partial charge in [-0.2, -0.15) is 0 Å². The molecule has 2 aromatic rings. The number of Topliss-reactive ketones (excluding diaryl/α,β-unsaturated/α-hetero) is 1. The molecule has 7 heteroatoms. The molecule has 124 valence electrons. The number of carbonyl (C=O) groups is 2. The number of ketones is 1. The number of hydrogen-bond donors (Lipinski definition) is 2. The maximum Gasteiger partial charge on any atom is 0.295 e. The first-order chi connectivity index (χ1) is 10.8. The van der Waals surface area contributed by atoms with E-state index in [1.54, 1.807) is 6.07 Å². The Morgan fingerprint density at radius 1 is 1.35 bits per heavy atom. The summed E-state index contributed by atoms with van der Waals surface area (Å²) in [5, 5.41) is 3.92. The highest BCUT2D eigenvalue weighted by Crippen LogP contribution is 2.29. The summed E-state index contributed by atoms with van der Waals surface area (Å²) in [5.74, 6) is -1.38. The fourth-order valence-electron chi connectivity index (χ4n) is 2.51. The quantitative estimate of drug-likeness (QED) is 0.841. The Morgan fingerprint density at radius 3 is 2.65 bits per heavy atom. The van der Waals surface area contributed by atoms with Crippen LogP contribution in [0, 0.1) is 6.92 Å². The number of halogens is 3. The molecule has 0 unspecified atom stereocenters. The van der Waals surface area contributed by atoms with Crippen LogP contribution in [-0.4, -0.2) is 30.1 Å². The van der Waals surface area contributed by atoms with Gasteiger partial charge in [-0.05, 0) is 43.0 Å². The third kappa shape index (κ3) is 3.69. The molecule has 0 saturated heterocycles. The lowest BCUT2D eigenvalue weighted by Crippen LogP contribution is -2.19. The average molecular weight is 343 g/mol. The molecule has 2 rings (SSSR count). The van der Waals surface area contributed by atoms with E-state index in [0.717, 1.165) is 10.9 Å². The van der Waals surface area contributed by atoms with Gasteiger partial charge in [0.2, 0.25) is 0 Å². The number of hydrogen-bond acceptors (Lipinski definition) is 2. The van der Waals surface area contributed by atoms with Crippen LogP contribution in [0.15, 0.2) is 12.1 Å². The van der Waals surface area contributed by atoms with Crippen molar-refractivity contribution in [2.45, 2.75) is 32.6 Å². The molecule has 0 spiro atoms. The Labute approximate surface area is 137 Å². The third-order valence-electron chi connectivity index (χ3n) is 3.73. The molecule has 0 radical (unpaired) electrons. The monoisotopic (exact) mass is 342 g/mol. The molecule has 1 heterocycles. The molecule has 0 aliphatic carbocycles. The molecule has 1 aromatic carbocycles. The molecule has 0 fully saturated rings. The van der Waals surface area contributed by atoms with Gasteiger partial charge in [0.05, 0.1) is 0 Å². The van der Waals surface area contributed by atoms with E-state index in [4.69, 9.17) is 11.6 Å². The molecule has 0 atom stereocenters. The van der Waals surface area contributed by atoms with Gasteiger partial charge in [-0.3, -0.25) is 9.59 Å². The fourth-order valence-corrected chi connectivity index (χ4v) is 2.67. The van der Waals surface area contributed by atoms with Crippen LogP contribution in [0.3, 0.4) is 0 Å². The van der Waals surface area contributed by atoms with Crippen LogP contribution in [0.25, 0.3) is 10.9 Å². The minimum atomic E-state index is -2.95. The van der Waals surface area contributed by atoms with E-state index in [9.17, 15) is 18.4 Å². The Kier molecular flexibility index (Phi) is 5.36. The van der Waals surface area contributed by atoms with E-state index in [1.807, 2.05) is 13.0 Å². The van der Waals surface area contributed by atoms with Gasteiger partial charge in [0, 0.05) is 29.4 Å². The van der Waals surface area contributed by atoms with Crippen molar-refractivity contribution in [2.24, 2.45) is 0 Å². The number of benzene rings is 1. The van der Waals surface area contributed by atoms with Crippen LogP contribution >= 0.6 is 11.6 Å². The molecule has 1 amide bonds. The second kappa shape index (κ2) is 7.08. The molecule has 0 saturated carbocycles. The molecular formula is C16H17ClF2N2O2. The van der Waals surface area contributed by atoms with Crippen LogP contribution in [-0.2, 0) is 11.2 Å². The van der Waals surface area contributed by atoms with Gasteiger partial charge in [-0.1, -0.05) is 11.6 Å². The highest BCUT2D eigenvalue weighted by Gasteiger charge is 2.19. The lowest BCUT2D eigenvalue weighted by Gasteiger charge is -2.05. The van der Waals surface area contributed by atoms with E-state index < -0.39 is 12.2 Å². The van der Waals surface area contributed by atoms with Gasteiger partial charge in [0.15, 0.2) is 5.78 Å². The number of amides is 1. The maximum atomic E-state index is 12.3. The number of aromatic amines is 1. The summed E-state index contributed by atoms with van der Waals surface area (Å²) in [6.07, 6.45) is -2.56. The van der Waals surface area contributed by atoms with Crippen LogP contribution < -0.4 is 5.32 Å². The zero-order valence-electron chi connectivity index (χ0n) is 12.8. The van der Waals surface area contributed by atoms with Crippen molar-refractivity contribution in [3.05, 3.63) is 34.0 Å². The van der Waals surface area contributed by atoms with E-state index in [-0.39, 0.29) is 18.7 Å². The second-order valence-electron chi connectivity index (χ2n) is 5.33. The van der Waals surface area contributed by atoms with Gasteiger partial charge in [-0.25, -0.2) is 8.78 Å². The lowest BCUT2D eigenvalue weighted by atomic mass is 10.0. The number of aryl methyl sites for hydroxylation is 2. The van der Waals surface area contributed by atoms with Crippen molar-refractivity contribution < 1.29 is 18.4 Å². The van der Waals surface area contributed by atoms with Gasteiger partial charge >= 0.3 is 0 Å². The van der Waals surface area contributed by atoms with Crippen molar-refractivity contribution in [1.29, 1.82) is 0 Å². The predicted molar refractivity (Wildman–Crippen MR) is 85.4 cm³/mol. The average Bonchev–Trinajstić information content (AvgIpc) is 2.84. The SMILES string of the molecule is CNC(=O)c1[nH]c2cc(Cl)c(C)cc2c1CCCC(=O)C(F)F. The Bertz CT molecular complexity index is 756. The normalized spacial score (nSPS) is 11.2. The first-order valence-corrected chi connectivity index (χ1v) is 7.56. The van der Waals surface area contributed by atoms with E-state index in [2.05, 4.69) is 10.3 Å². The summed E-state index contributed by atoms with van der Waals surface area (Å²) in [6.45, 7) is 1.85. The summed E-state index contributed by atoms with van der Waals surface area (Å²) in [5.41, 5.74) is 2.63. The number of rotatable bonds is 6. The summed E-state index contributed by atoms with van der Waals surface area (Å²) in [7, 11) is 1.51. The molecule has 1 aromatic heterocycles. The Morgan fingerprint density at radius 2 is 2.04 bits per heavy atom. The zero-order valence-corrected chi connectivity index (χ0v) is 13.6. The fraction of sp³-hybridized carbons (Fsp3) is 0.375. The van der Waals surface area contributed by atoms with Crippen molar-refractivity contribution in [1.82, 2.24) is 10.3 Å². The maximum absolute atomic E-state index is 12.3.